The highest BCUT2D eigenvalue weighted by Gasteiger charge is 2.47. The highest BCUT2D eigenvalue weighted by molar-refractivity contribution is 6.36. The van der Waals surface area contributed by atoms with Gasteiger partial charge in [-0.05, 0) is 137 Å². The molecule has 2 aliphatic carbocycles. The minimum Gasteiger partial charge on any atom is -0.461 e. The van der Waals surface area contributed by atoms with Crippen LogP contribution < -0.4 is 20.4 Å². The first-order chi connectivity index (χ1) is 34.8. The zero-order valence-corrected chi connectivity index (χ0v) is 46.6. The van der Waals surface area contributed by atoms with E-state index < -0.39 is 0 Å². The fraction of sp³-hybridized carbons (Fsp3) is 0.585. The third kappa shape index (κ3) is 13.7. The van der Waals surface area contributed by atoms with Gasteiger partial charge in [-0.2, -0.15) is 19.6 Å². The van der Waals surface area contributed by atoms with E-state index in [4.69, 9.17) is 93.9 Å². The molecule has 4 aromatic rings. The van der Waals surface area contributed by atoms with E-state index in [9.17, 15) is 4.79 Å². The lowest BCUT2D eigenvalue weighted by Gasteiger charge is -2.53. The Morgan fingerprint density at radius 1 is 0.630 bits per heavy atom. The minimum absolute atomic E-state index is 0.0705. The number of likely N-dealkylation sites (tertiary alicyclic amines) is 2. The molecule has 2 saturated carbocycles. The molecule has 0 unspecified atom stereocenters. The molecule has 6 fully saturated rings. The van der Waals surface area contributed by atoms with E-state index in [0.717, 1.165) is 87.1 Å². The Morgan fingerprint density at radius 2 is 1.04 bits per heavy atom. The summed E-state index contributed by atoms with van der Waals surface area (Å²) >= 11 is 37.7. The number of aromatic nitrogens is 4. The van der Waals surface area contributed by atoms with Gasteiger partial charge in [0.1, 0.15) is 15.6 Å². The van der Waals surface area contributed by atoms with Crippen molar-refractivity contribution in [2.75, 3.05) is 72.8 Å². The average molecular weight is 1120 g/mol. The number of carbonyl (C=O) groups excluding carboxylic acids is 3. The number of nitrogens with one attached hydrogen (secondary N) is 2. The lowest BCUT2D eigenvalue weighted by Crippen LogP contribution is -2.59. The van der Waals surface area contributed by atoms with Crippen LogP contribution in [0.15, 0.2) is 48.8 Å². The highest BCUT2D eigenvalue weighted by atomic mass is 35.5. The van der Waals surface area contributed by atoms with Gasteiger partial charge in [-0.1, -0.05) is 95.6 Å². The van der Waals surface area contributed by atoms with Gasteiger partial charge in [0.05, 0.1) is 24.5 Å². The molecule has 2 N–H and O–H groups in total. The summed E-state index contributed by atoms with van der Waals surface area (Å²) in [6, 6.07) is 12.1. The van der Waals surface area contributed by atoms with Gasteiger partial charge in [-0.3, -0.25) is 9.69 Å². The maximum Gasteiger partial charge on any atom is 0.373 e. The molecule has 73 heavy (non-hydrogen) atoms. The van der Waals surface area contributed by atoms with Crippen molar-refractivity contribution in [3.8, 4) is 0 Å². The van der Waals surface area contributed by atoms with Crippen LogP contribution in [-0.2, 0) is 19.1 Å². The molecule has 14 nitrogen and oxygen atoms in total. The number of carbonyl (C=O) groups is 1. The van der Waals surface area contributed by atoms with Crippen LogP contribution in [0.2, 0.25) is 30.1 Å². The van der Waals surface area contributed by atoms with Crippen molar-refractivity contribution in [1.29, 1.82) is 0 Å². The number of anilines is 4. The van der Waals surface area contributed by atoms with Gasteiger partial charge in [0.15, 0.2) is 11.6 Å². The van der Waals surface area contributed by atoms with E-state index in [1.165, 1.54) is 51.6 Å². The summed E-state index contributed by atoms with van der Waals surface area (Å²) < 4.78 is 5.28. The molecule has 394 valence electrons. The number of hydrogen-bond acceptors (Lipinski definition) is 14. The normalized spacial score (nSPS) is 25.1. The SMILES string of the molecule is C[C@@H](Nc1nc(N2CC([C@H]3CCCN(C4CC(C)(C)C4)C3)C2)ncc1Cl)c1ccc(Cl)cc1Cl.C[C@@H](Nc1nc(N2CC([C@H]3CCCN(C4CC(C)(OC=O)C4)C3)C2)ncc1Cl)c1ccc(Cl)cc1Cl.O=C=O. The van der Waals surface area contributed by atoms with Crippen molar-refractivity contribution in [3.05, 3.63) is 90.1 Å². The lowest BCUT2D eigenvalue weighted by molar-refractivity contribution is -0.191. The van der Waals surface area contributed by atoms with Crippen molar-refractivity contribution in [3.63, 3.8) is 0 Å². The maximum absolute atomic E-state index is 10.7. The van der Waals surface area contributed by atoms with Gasteiger partial charge in [0, 0.05) is 84.3 Å². The standard InChI is InChI=1S/C26H32Cl3N5O2.C26H34Cl3N5.CO2/c1-16(21-6-5-19(27)8-22(21)28)31-24-23(29)11-30-25(32-24)34-13-18(14-34)17-4-3-7-33(12-17)20-9-26(2,10-20)36-15-35;1-16(21-7-6-19(27)9-22(21)28)31-24-23(29)12-30-25(32-24)34-14-18(15-34)17-5-4-8-33(13-17)20-10-26(2,3)11-20;2-1-3/h5-6,8,11,15-18,20H,3-4,7,9-10,12-14H2,1-2H3,(H,30,31,32);6-7,9,12,16-18,20H,4-5,8,10-11,13-15H2,1-3H3,(H,30,31,32);/t16-,17+,20?,26?;16-,17+;/m11./s1. The molecule has 0 bridgehead atoms. The molecule has 0 spiro atoms. The number of nitrogens with zero attached hydrogens (tertiary/aromatic N) is 8. The number of rotatable bonds is 14. The summed E-state index contributed by atoms with van der Waals surface area (Å²) in [5.41, 5.74) is 2.13. The summed E-state index contributed by atoms with van der Waals surface area (Å²) in [6.45, 7) is 20.2. The molecule has 6 heterocycles. The van der Waals surface area contributed by atoms with Crippen LogP contribution in [0.1, 0.15) is 109 Å². The summed E-state index contributed by atoms with van der Waals surface area (Å²) in [5.74, 6) is 5.47. The monoisotopic (exact) mass is 1120 g/mol. The zero-order valence-electron chi connectivity index (χ0n) is 42.1. The van der Waals surface area contributed by atoms with E-state index >= 15 is 0 Å². The fourth-order valence-corrected chi connectivity index (χ4v) is 13.3. The molecule has 2 aromatic heterocycles. The number of piperidine rings is 2. The van der Waals surface area contributed by atoms with Gasteiger partial charge in [0.25, 0.3) is 6.47 Å². The van der Waals surface area contributed by atoms with Crippen LogP contribution in [0.25, 0.3) is 0 Å². The number of halogens is 6. The second-order valence-corrected chi connectivity index (χ2v) is 24.5. The van der Waals surface area contributed by atoms with Crippen LogP contribution in [0.4, 0.5) is 23.5 Å². The largest absolute Gasteiger partial charge is 0.461 e. The molecule has 4 saturated heterocycles. The Bertz CT molecular complexity index is 2580. The highest BCUT2D eigenvalue weighted by Crippen LogP contribution is 2.46. The van der Waals surface area contributed by atoms with Gasteiger partial charge >= 0.3 is 6.15 Å². The first-order valence-electron chi connectivity index (χ1n) is 25.4. The lowest BCUT2D eigenvalue weighted by atomic mass is 9.67. The van der Waals surface area contributed by atoms with Crippen molar-refractivity contribution < 1.29 is 19.1 Å². The van der Waals surface area contributed by atoms with Crippen molar-refractivity contribution in [2.45, 2.75) is 116 Å². The quantitative estimate of drug-likeness (QED) is 0.115. The second kappa shape index (κ2) is 24.1. The third-order valence-electron chi connectivity index (χ3n) is 16.0. The smallest absolute Gasteiger partial charge is 0.373 e. The average Bonchev–Trinajstić information content (AvgIpc) is 3.29. The summed E-state index contributed by atoms with van der Waals surface area (Å²) in [4.78, 5) is 55.4. The summed E-state index contributed by atoms with van der Waals surface area (Å²) in [7, 11) is 0. The first kappa shape index (κ1) is 55.5. The van der Waals surface area contributed by atoms with E-state index in [1.807, 2.05) is 45.0 Å². The number of hydrogen-bond donors (Lipinski definition) is 2. The molecular formula is C53H66Cl6N10O4. The van der Waals surface area contributed by atoms with E-state index in [1.54, 1.807) is 24.5 Å². The van der Waals surface area contributed by atoms with Crippen molar-refractivity contribution in [2.24, 2.45) is 29.1 Å². The molecule has 20 heteroatoms. The van der Waals surface area contributed by atoms with Gasteiger partial charge < -0.3 is 30.1 Å². The fourth-order valence-electron chi connectivity index (χ4n) is 11.8. The van der Waals surface area contributed by atoms with Crippen LogP contribution in [-0.4, -0.2) is 112 Å². The molecule has 0 radical (unpaired) electrons. The van der Waals surface area contributed by atoms with Crippen LogP contribution >= 0.6 is 69.6 Å². The predicted molar refractivity (Wildman–Crippen MR) is 291 cm³/mol. The Kier molecular flexibility index (Phi) is 18.3. The third-order valence-corrected chi connectivity index (χ3v) is 17.7. The van der Waals surface area contributed by atoms with Gasteiger partial charge in [-0.15, -0.1) is 0 Å². The van der Waals surface area contributed by atoms with E-state index in [0.29, 0.717) is 77.5 Å². The Balaban J connectivity index is 0.000000185. The molecule has 6 aliphatic rings. The van der Waals surface area contributed by atoms with Crippen LogP contribution in [0.5, 0.6) is 0 Å². The van der Waals surface area contributed by atoms with Gasteiger partial charge in [0.2, 0.25) is 11.9 Å². The maximum atomic E-state index is 10.7. The molecule has 2 aromatic carbocycles. The van der Waals surface area contributed by atoms with Crippen molar-refractivity contribution in [1.82, 2.24) is 29.7 Å². The first-order valence-corrected chi connectivity index (χ1v) is 27.7. The topological polar surface area (TPSA) is 149 Å². The molecule has 4 aliphatic heterocycles. The van der Waals surface area contributed by atoms with Crippen molar-refractivity contribution >= 4 is 106 Å². The molecule has 10 rings (SSSR count). The predicted octanol–water partition coefficient (Wildman–Crippen LogP) is 12.2. The molecule has 4 atom stereocenters. The molecular weight excluding hydrogens is 1050 g/mol. The van der Waals surface area contributed by atoms with Crippen LogP contribution in [0.3, 0.4) is 0 Å². The second-order valence-electron chi connectivity index (χ2n) is 22.0. The van der Waals surface area contributed by atoms with Gasteiger partial charge in [-0.25, -0.2) is 9.97 Å². The Hall–Kier alpha value is -3.69. The summed E-state index contributed by atoms with van der Waals surface area (Å²) in [5, 5.41) is 10.2. The number of benzene rings is 2. The van der Waals surface area contributed by atoms with E-state index in [-0.39, 0.29) is 23.8 Å². The minimum atomic E-state index is -0.277. The molecule has 0 amide bonds. The number of ether oxygens (including phenoxy) is 1. The summed E-state index contributed by atoms with van der Waals surface area (Å²) in [6.07, 6.45) is 13.3. The zero-order chi connectivity index (χ0) is 52.2. The Morgan fingerprint density at radius 3 is 1.42 bits per heavy atom. The van der Waals surface area contributed by atoms with E-state index in [2.05, 4.69) is 54.0 Å². The van der Waals surface area contributed by atoms with Crippen LogP contribution in [0, 0.1) is 29.1 Å². The Labute approximate surface area is 459 Å².